The Morgan fingerprint density at radius 1 is 1.25 bits per heavy atom. The SMILES string of the molecule is Cc1cc(NC2CCS(=O)(=O)C2)nc(NCc2ccc(F)cc2)n1. The van der Waals surface area contributed by atoms with E-state index in [-0.39, 0.29) is 23.4 Å². The molecule has 1 aromatic carbocycles. The van der Waals surface area contributed by atoms with Gasteiger partial charge >= 0.3 is 0 Å². The van der Waals surface area contributed by atoms with Crippen LogP contribution in [0.4, 0.5) is 16.2 Å². The van der Waals surface area contributed by atoms with Crippen LogP contribution in [0, 0.1) is 12.7 Å². The lowest BCUT2D eigenvalue weighted by atomic mass is 10.2. The molecular formula is C16H19FN4O2S. The monoisotopic (exact) mass is 350 g/mol. The summed E-state index contributed by atoms with van der Waals surface area (Å²) in [6.45, 7) is 2.32. The molecule has 1 unspecified atom stereocenters. The van der Waals surface area contributed by atoms with E-state index in [9.17, 15) is 12.8 Å². The van der Waals surface area contributed by atoms with Crippen LogP contribution < -0.4 is 10.6 Å². The lowest BCUT2D eigenvalue weighted by molar-refractivity contribution is 0.602. The van der Waals surface area contributed by atoms with Crippen LogP contribution in [0.5, 0.6) is 0 Å². The second-order valence-corrected chi connectivity index (χ2v) is 8.17. The zero-order chi connectivity index (χ0) is 17.2. The van der Waals surface area contributed by atoms with Gasteiger partial charge in [0.25, 0.3) is 0 Å². The fourth-order valence-corrected chi connectivity index (χ4v) is 4.30. The molecule has 1 saturated heterocycles. The number of benzene rings is 1. The quantitative estimate of drug-likeness (QED) is 0.859. The van der Waals surface area contributed by atoms with Crippen molar-refractivity contribution in [2.45, 2.75) is 25.9 Å². The molecule has 128 valence electrons. The Morgan fingerprint density at radius 2 is 2.00 bits per heavy atom. The molecule has 0 bridgehead atoms. The minimum absolute atomic E-state index is 0.116. The van der Waals surface area contributed by atoms with Crippen LogP contribution in [0.2, 0.25) is 0 Å². The lowest BCUT2D eigenvalue weighted by Crippen LogP contribution is -2.21. The first kappa shape index (κ1) is 16.6. The number of nitrogens with zero attached hydrogens (tertiary/aromatic N) is 2. The van der Waals surface area contributed by atoms with Gasteiger partial charge in [0, 0.05) is 24.3 Å². The van der Waals surface area contributed by atoms with Crippen LogP contribution in [-0.2, 0) is 16.4 Å². The molecule has 2 N–H and O–H groups in total. The van der Waals surface area contributed by atoms with E-state index in [0.717, 1.165) is 11.3 Å². The Morgan fingerprint density at radius 3 is 2.67 bits per heavy atom. The van der Waals surface area contributed by atoms with Gasteiger partial charge in [-0.3, -0.25) is 0 Å². The van der Waals surface area contributed by atoms with Crippen molar-refractivity contribution in [1.82, 2.24) is 9.97 Å². The van der Waals surface area contributed by atoms with Gasteiger partial charge in [-0.15, -0.1) is 0 Å². The Bertz CT molecular complexity index is 824. The summed E-state index contributed by atoms with van der Waals surface area (Å²) >= 11 is 0. The highest BCUT2D eigenvalue weighted by Crippen LogP contribution is 2.18. The van der Waals surface area contributed by atoms with Gasteiger partial charge in [-0.25, -0.2) is 17.8 Å². The molecule has 1 aliphatic heterocycles. The van der Waals surface area contributed by atoms with Crippen molar-refractivity contribution in [3.8, 4) is 0 Å². The molecule has 24 heavy (non-hydrogen) atoms. The van der Waals surface area contributed by atoms with Crippen molar-refractivity contribution in [3.05, 3.63) is 47.4 Å². The summed E-state index contributed by atoms with van der Waals surface area (Å²) in [4.78, 5) is 8.69. The maximum absolute atomic E-state index is 12.9. The van der Waals surface area contributed by atoms with Gasteiger partial charge in [-0.1, -0.05) is 12.1 Å². The fourth-order valence-electron chi connectivity index (χ4n) is 2.62. The summed E-state index contributed by atoms with van der Waals surface area (Å²) in [6, 6.07) is 7.87. The molecule has 1 aliphatic rings. The maximum atomic E-state index is 12.9. The van der Waals surface area contributed by atoms with Gasteiger partial charge in [0.05, 0.1) is 11.5 Å². The van der Waals surface area contributed by atoms with Crippen LogP contribution in [0.1, 0.15) is 17.7 Å². The third-order valence-corrected chi connectivity index (χ3v) is 5.57. The van der Waals surface area contributed by atoms with Crippen LogP contribution >= 0.6 is 0 Å². The van der Waals surface area contributed by atoms with E-state index >= 15 is 0 Å². The first-order chi connectivity index (χ1) is 11.4. The zero-order valence-electron chi connectivity index (χ0n) is 13.3. The van der Waals surface area contributed by atoms with Gasteiger partial charge < -0.3 is 10.6 Å². The van der Waals surface area contributed by atoms with Crippen molar-refractivity contribution < 1.29 is 12.8 Å². The molecule has 8 heteroatoms. The number of rotatable bonds is 5. The number of hydrogen-bond acceptors (Lipinski definition) is 6. The average Bonchev–Trinajstić information content (AvgIpc) is 2.85. The predicted molar refractivity (Wildman–Crippen MR) is 91.2 cm³/mol. The van der Waals surface area contributed by atoms with Crippen LogP contribution in [0.25, 0.3) is 0 Å². The highest BCUT2D eigenvalue weighted by molar-refractivity contribution is 7.91. The molecule has 2 aromatic rings. The number of anilines is 2. The normalized spacial score (nSPS) is 19.2. The number of hydrogen-bond donors (Lipinski definition) is 2. The van der Waals surface area contributed by atoms with Crippen molar-refractivity contribution in [1.29, 1.82) is 0 Å². The van der Waals surface area contributed by atoms with Gasteiger partial charge in [-0.2, -0.15) is 4.98 Å². The standard InChI is InChI=1S/C16H19FN4O2S/c1-11-8-15(20-14-6-7-24(22,23)10-14)21-16(19-11)18-9-12-2-4-13(17)5-3-12/h2-5,8,14H,6-7,9-10H2,1H3,(H2,18,19,20,21). The molecule has 2 heterocycles. The van der Waals surface area contributed by atoms with Crippen LogP contribution in [-0.4, -0.2) is 35.9 Å². The Labute approximate surface area is 140 Å². The van der Waals surface area contributed by atoms with Gasteiger partial charge in [0.15, 0.2) is 9.84 Å². The summed E-state index contributed by atoms with van der Waals surface area (Å²) in [7, 11) is -2.94. The van der Waals surface area contributed by atoms with Crippen LogP contribution in [0.3, 0.4) is 0 Å². The van der Waals surface area contributed by atoms with E-state index < -0.39 is 9.84 Å². The summed E-state index contributed by atoms with van der Waals surface area (Å²) in [6.07, 6.45) is 0.587. The average molecular weight is 350 g/mol. The zero-order valence-corrected chi connectivity index (χ0v) is 14.1. The Balaban J connectivity index is 1.66. The van der Waals surface area contributed by atoms with E-state index in [4.69, 9.17) is 0 Å². The van der Waals surface area contributed by atoms with Crippen molar-refractivity contribution >= 4 is 21.6 Å². The highest BCUT2D eigenvalue weighted by Gasteiger charge is 2.28. The number of nitrogens with one attached hydrogen (secondary N) is 2. The molecular weight excluding hydrogens is 331 g/mol. The number of aromatic nitrogens is 2. The molecule has 0 radical (unpaired) electrons. The Kier molecular flexibility index (Phi) is 4.66. The molecule has 1 atom stereocenters. The number of aryl methyl sites for hydroxylation is 1. The molecule has 6 nitrogen and oxygen atoms in total. The summed E-state index contributed by atoms with van der Waals surface area (Å²) in [5, 5.41) is 6.26. The molecule has 0 spiro atoms. The summed E-state index contributed by atoms with van der Waals surface area (Å²) in [5.41, 5.74) is 1.69. The maximum Gasteiger partial charge on any atom is 0.225 e. The van der Waals surface area contributed by atoms with Crippen LogP contribution in [0.15, 0.2) is 30.3 Å². The van der Waals surface area contributed by atoms with E-state index in [1.807, 2.05) is 6.92 Å². The topological polar surface area (TPSA) is 84.0 Å². The molecule has 3 rings (SSSR count). The third kappa shape index (κ3) is 4.41. The lowest BCUT2D eigenvalue weighted by Gasteiger charge is -2.13. The Hall–Kier alpha value is -2.22. The molecule has 1 fully saturated rings. The van der Waals surface area contributed by atoms with Gasteiger partial charge in [0.1, 0.15) is 11.6 Å². The van der Waals surface area contributed by atoms with Crippen molar-refractivity contribution in [2.24, 2.45) is 0 Å². The molecule has 0 aliphatic carbocycles. The van der Waals surface area contributed by atoms with E-state index in [0.29, 0.717) is 24.7 Å². The predicted octanol–water partition coefficient (Wildman–Crippen LogP) is 2.14. The molecule has 1 aromatic heterocycles. The number of halogens is 1. The number of sulfone groups is 1. The molecule has 0 saturated carbocycles. The second kappa shape index (κ2) is 6.72. The van der Waals surface area contributed by atoms with Gasteiger partial charge in [-0.05, 0) is 31.0 Å². The van der Waals surface area contributed by atoms with Crippen molar-refractivity contribution in [2.75, 3.05) is 22.1 Å². The fraction of sp³-hybridized carbons (Fsp3) is 0.375. The molecule has 0 amide bonds. The minimum Gasteiger partial charge on any atom is -0.366 e. The summed E-state index contributed by atoms with van der Waals surface area (Å²) < 4.78 is 36.0. The van der Waals surface area contributed by atoms with E-state index in [1.165, 1.54) is 12.1 Å². The van der Waals surface area contributed by atoms with Gasteiger partial charge in [0.2, 0.25) is 5.95 Å². The highest BCUT2D eigenvalue weighted by atomic mass is 32.2. The minimum atomic E-state index is -2.94. The van der Waals surface area contributed by atoms with E-state index in [1.54, 1.807) is 18.2 Å². The largest absolute Gasteiger partial charge is 0.366 e. The smallest absolute Gasteiger partial charge is 0.225 e. The summed E-state index contributed by atoms with van der Waals surface area (Å²) in [5.74, 6) is 1.12. The van der Waals surface area contributed by atoms with E-state index in [2.05, 4.69) is 20.6 Å². The first-order valence-electron chi connectivity index (χ1n) is 7.71. The third-order valence-electron chi connectivity index (χ3n) is 3.80. The van der Waals surface area contributed by atoms with Crippen molar-refractivity contribution in [3.63, 3.8) is 0 Å². The first-order valence-corrected chi connectivity index (χ1v) is 9.53. The second-order valence-electron chi connectivity index (χ2n) is 5.94.